The number of rotatable bonds is 8. The molecule has 1 aliphatic heterocycles. The fraction of sp³-hybridized carbons (Fsp3) is 0.714. The molecule has 1 saturated heterocycles. The van der Waals surface area contributed by atoms with Crippen molar-refractivity contribution in [1.29, 1.82) is 0 Å². The summed E-state index contributed by atoms with van der Waals surface area (Å²) in [6.45, 7) is 3.31. The molecule has 1 amide bonds. The van der Waals surface area contributed by atoms with Gasteiger partial charge in [0.1, 0.15) is 6.23 Å². The number of nitrogens with zero attached hydrogens (tertiary/aromatic N) is 1. The van der Waals surface area contributed by atoms with E-state index in [4.69, 9.17) is 4.74 Å². The topological polar surface area (TPSA) is 55.8 Å². The van der Waals surface area contributed by atoms with Gasteiger partial charge in [0.2, 0.25) is 5.91 Å². The van der Waals surface area contributed by atoms with E-state index in [2.05, 4.69) is 4.74 Å². The molecule has 0 saturated carbocycles. The number of esters is 1. The lowest BCUT2D eigenvalue weighted by Crippen LogP contribution is -2.35. The zero-order valence-electron chi connectivity index (χ0n) is 11.8. The van der Waals surface area contributed by atoms with E-state index >= 15 is 0 Å². The summed E-state index contributed by atoms with van der Waals surface area (Å²) >= 11 is 0. The largest absolute Gasteiger partial charge is 0.466 e. The van der Waals surface area contributed by atoms with Crippen molar-refractivity contribution in [2.75, 3.05) is 20.3 Å². The molecule has 108 valence electrons. The van der Waals surface area contributed by atoms with Gasteiger partial charge >= 0.3 is 5.97 Å². The molecule has 1 heterocycles. The maximum atomic E-state index is 11.7. The van der Waals surface area contributed by atoms with E-state index < -0.39 is 0 Å². The van der Waals surface area contributed by atoms with Crippen LogP contribution in [0.5, 0.6) is 0 Å². The van der Waals surface area contributed by atoms with Crippen molar-refractivity contribution in [3.8, 4) is 0 Å². The summed E-state index contributed by atoms with van der Waals surface area (Å²) in [4.78, 5) is 24.3. The Hall–Kier alpha value is -1.36. The lowest BCUT2D eigenvalue weighted by atomic mass is 10.2. The second kappa shape index (κ2) is 8.69. The minimum atomic E-state index is -0.328. The standard InChI is InChI=1S/C14H23NO4/c1-3-19-13-10-9-12(16)15(13)11-7-5-4-6-8-14(17)18-2/h6,8,13H,3-5,7,9-11H2,1-2H3. The van der Waals surface area contributed by atoms with Gasteiger partial charge in [-0.1, -0.05) is 6.08 Å². The van der Waals surface area contributed by atoms with Crippen molar-refractivity contribution in [2.24, 2.45) is 0 Å². The first kappa shape index (κ1) is 15.7. The molecule has 5 nitrogen and oxygen atoms in total. The van der Waals surface area contributed by atoms with Crippen LogP contribution in [0, 0.1) is 0 Å². The van der Waals surface area contributed by atoms with Crippen molar-refractivity contribution in [2.45, 2.75) is 45.3 Å². The molecule has 1 unspecified atom stereocenters. The van der Waals surface area contributed by atoms with Crippen LogP contribution in [0.15, 0.2) is 12.2 Å². The van der Waals surface area contributed by atoms with Crippen LogP contribution in [0.1, 0.15) is 39.0 Å². The maximum absolute atomic E-state index is 11.7. The van der Waals surface area contributed by atoms with Gasteiger partial charge in [-0.3, -0.25) is 4.79 Å². The minimum Gasteiger partial charge on any atom is -0.466 e. The highest BCUT2D eigenvalue weighted by atomic mass is 16.5. The van der Waals surface area contributed by atoms with Crippen LogP contribution in [-0.4, -0.2) is 43.3 Å². The molecule has 0 bridgehead atoms. The Labute approximate surface area is 114 Å². The van der Waals surface area contributed by atoms with Gasteiger partial charge in [0.25, 0.3) is 0 Å². The Balaban J connectivity index is 2.19. The predicted octanol–water partition coefficient (Wildman–Crippen LogP) is 1.87. The summed E-state index contributed by atoms with van der Waals surface area (Å²) in [5, 5.41) is 0. The van der Waals surface area contributed by atoms with Crippen LogP contribution in [-0.2, 0) is 19.1 Å². The second-order valence-corrected chi connectivity index (χ2v) is 4.46. The summed E-state index contributed by atoms with van der Waals surface area (Å²) in [5.74, 6) is -0.144. The predicted molar refractivity (Wildman–Crippen MR) is 71.4 cm³/mol. The number of carbonyl (C=O) groups excluding carboxylic acids is 2. The van der Waals surface area contributed by atoms with Crippen molar-refractivity contribution >= 4 is 11.9 Å². The zero-order valence-corrected chi connectivity index (χ0v) is 11.8. The van der Waals surface area contributed by atoms with E-state index in [1.165, 1.54) is 13.2 Å². The number of unbranched alkanes of at least 4 members (excludes halogenated alkanes) is 2. The van der Waals surface area contributed by atoms with Gasteiger partial charge in [0.05, 0.1) is 7.11 Å². The van der Waals surface area contributed by atoms with Crippen LogP contribution >= 0.6 is 0 Å². The third kappa shape index (κ3) is 5.42. The number of carbonyl (C=O) groups is 2. The van der Waals surface area contributed by atoms with Gasteiger partial charge in [-0.25, -0.2) is 4.79 Å². The third-order valence-corrected chi connectivity index (χ3v) is 3.11. The Morgan fingerprint density at radius 1 is 1.47 bits per heavy atom. The molecule has 0 aliphatic carbocycles. The van der Waals surface area contributed by atoms with E-state index in [-0.39, 0.29) is 18.1 Å². The molecule has 0 aromatic rings. The summed E-state index contributed by atoms with van der Waals surface area (Å²) in [6.07, 6.45) is 7.26. The summed E-state index contributed by atoms with van der Waals surface area (Å²) in [6, 6.07) is 0. The van der Waals surface area contributed by atoms with E-state index in [1.807, 2.05) is 11.8 Å². The number of methoxy groups -OCH3 is 1. The first-order valence-electron chi connectivity index (χ1n) is 6.84. The molecule has 0 N–H and O–H groups in total. The van der Waals surface area contributed by atoms with Gasteiger partial charge in [-0.2, -0.15) is 0 Å². The normalized spacial score (nSPS) is 19.4. The highest BCUT2D eigenvalue weighted by molar-refractivity contribution is 5.81. The highest BCUT2D eigenvalue weighted by Crippen LogP contribution is 2.20. The fourth-order valence-electron chi connectivity index (χ4n) is 2.13. The summed E-state index contributed by atoms with van der Waals surface area (Å²) < 4.78 is 10.0. The Morgan fingerprint density at radius 3 is 2.95 bits per heavy atom. The molecule has 1 atom stereocenters. The first-order chi connectivity index (χ1) is 9.19. The zero-order chi connectivity index (χ0) is 14.1. The number of allylic oxidation sites excluding steroid dienone is 1. The molecule has 19 heavy (non-hydrogen) atoms. The van der Waals surface area contributed by atoms with Gasteiger partial charge < -0.3 is 14.4 Å². The van der Waals surface area contributed by atoms with E-state index in [0.29, 0.717) is 13.0 Å². The van der Waals surface area contributed by atoms with E-state index in [0.717, 1.165) is 32.2 Å². The van der Waals surface area contributed by atoms with Crippen LogP contribution in [0.25, 0.3) is 0 Å². The molecule has 1 fully saturated rings. The monoisotopic (exact) mass is 269 g/mol. The lowest BCUT2D eigenvalue weighted by molar-refractivity contribution is -0.136. The number of likely N-dealkylation sites (tertiary alicyclic amines) is 1. The van der Waals surface area contributed by atoms with Crippen molar-refractivity contribution in [3.05, 3.63) is 12.2 Å². The van der Waals surface area contributed by atoms with Crippen LogP contribution < -0.4 is 0 Å². The van der Waals surface area contributed by atoms with Gasteiger partial charge in [0.15, 0.2) is 0 Å². The van der Waals surface area contributed by atoms with Gasteiger partial charge in [-0.15, -0.1) is 0 Å². The molecule has 1 rings (SSSR count). The van der Waals surface area contributed by atoms with Crippen molar-refractivity contribution in [1.82, 2.24) is 4.90 Å². The van der Waals surface area contributed by atoms with E-state index in [9.17, 15) is 9.59 Å². The Kier molecular flexibility index (Phi) is 7.18. The molecule has 0 aromatic carbocycles. The maximum Gasteiger partial charge on any atom is 0.330 e. The second-order valence-electron chi connectivity index (χ2n) is 4.46. The molecular weight excluding hydrogens is 246 g/mol. The average Bonchev–Trinajstić information content (AvgIpc) is 2.75. The molecule has 0 radical (unpaired) electrons. The van der Waals surface area contributed by atoms with Gasteiger partial charge in [-0.05, 0) is 26.2 Å². The highest BCUT2D eigenvalue weighted by Gasteiger charge is 2.30. The quantitative estimate of drug-likeness (QED) is 0.383. The Morgan fingerprint density at radius 2 is 2.26 bits per heavy atom. The SMILES string of the molecule is CCOC1CCC(=O)N1CCCCC=CC(=O)OC. The average molecular weight is 269 g/mol. The number of hydrogen-bond acceptors (Lipinski definition) is 4. The summed E-state index contributed by atoms with van der Waals surface area (Å²) in [7, 11) is 1.36. The number of ether oxygens (including phenoxy) is 2. The molecular formula is C14H23NO4. The number of hydrogen-bond donors (Lipinski definition) is 0. The first-order valence-corrected chi connectivity index (χ1v) is 6.84. The van der Waals surface area contributed by atoms with Gasteiger partial charge in [0, 0.05) is 32.1 Å². The molecule has 5 heteroatoms. The van der Waals surface area contributed by atoms with Crippen LogP contribution in [0.4, 0.5) is 0 Å². The lowest BCUT2D eigenvalue weighted by Gasteiger charge is -2.24. The minimum absolute atomic E-state index is 0.0388. The molecule has 1 aliphatic rings. The Bertz CT molecular complexity index is 327. The number of amides is 1. The van der Waals surface area contributed by atoms with Crippen molar-refractivity contribution in [3.63, 3.8) is 0 Å². The third-order valence-electron chi connectivity index (χ3n) is 3.11. The van der Waals surface area contributed by atoms with Crippen LogP contribution in [0.3, 0.4) is 0 Å². The summed E-state index contributed by atoms with van der Waals surface area (Å²) in [5.41, 5.74) is 0. The van der Waals surface area contributed by atoms with Crippen molar-refractivity contribution < 1.29 is 19.1 Å². The van der Waals surface area contributed by atoms with Crippen LogP contribution in [0.2, 0.25) is 0 Å². The smallest absolute Gasteiger partial charge is 0.330 e. The fourth-order valence-corrected chi connectivity index (χ4v) is 2.13. The van der Waals surface area contributed by atoms with E-state index in [1.54, 1.807) is 6.08 Å². The molecule has 0 spiro atoms. The molecule has 0 aromatic heterocycles.